The van der Waals surface area contributed by atoms with E-state index in [0.29, 0.717) is 24.3 Å². The quantitative estimate of drug-likeness (QED) is 0.599. The van der Waals surface area contributed by atoms with Gasteiger partial charge in [0, 0.05) is 22.6 Å². The second-order valence-electron chi connectivity index (χ2n) is 3.00. The molecule has 0 aliphatic carbocycles. The molecule has 0 saturated heterocycles. The minimum atomic E-state index is -0.385. The first-order valence-corrected chi connectivity index (χ1v) is 5.79. The van der Waals surface area contributed by atoms with Crippen molar-refractivity contribution in [2.24, 2.45) is 5.73 Å². The summed E-state index contributed by atoms with van der Waals surface area (Å²) in [7, 11) is 0. The zero-order valence-corrected chi connectivity index (χ0v) is 9.23. The molecule has 0 atom stereocenters. The van der Waals surface area contributed by atoms with E-state index in [-0.39, 0.29) is 12.5 Å². The second-order valence-corrected chi connectivity index (χ2v) is 4.13. The van der Waals surface area contributed by atoms with Gasteiger partial charge in [-0.1, -0.05) is 18.2 Å². The Morgan fingerprint density at radius 2 is 2.13 bits per heavy atom. The van der Waals surface area contributed by atoms with Crippen LogP contribution in [0.15, 0.2) is 29.2 Å². The molecule has 0 fully saturated rings. The number of halogens is 1. The molecule has 4 heteroatoms. The molecule has 1 aromatic rings. The van der Waals surface area contributed by atoms with Crippen molar-refractivity contribution in [3.8, 4) is 0 Å². The lowest BCUT2D eigenvalue weighted by Crippen LogP contribution is -2.09. The number of Topliss-reactive ketones (excluding diaryl/α,β-unsaturated/α-hetero) is 1. The Labute approximate surface area is 93.0 Å². The number of carbonyl (C=O) groups excluding carboxylic acids is 1. The SMILES string of the molecule is NCCC(=O)c1ccccc1SCCF. The Balaban J connectivity index is 2.80. The summed E-state index contributed by atoms with van der Waals surface area (Å²) >= 11 is 1.36. The number of thioether (sulfide) groups is 1. The summed E-state index contributed by atoms with van der Waals surface area (Å²) in [5.41, 5.74) is 5.98. The highest BCUT2D eigenvalue weighted by Gasteiger charge is 2.09. The zero-order chi connectivity index (χ0) is 11.1. The maximum absolute atomic E-state index is 12.0. The topological polar surface area (TPSA) is 43.1 Å². The molecule has 0 saturated carbocycles. The van der Waals surface area contributed by atoms with Crippen LogP contribution in [0.1, 0.15) is 16.8 Å². The molecule has 0 bridgehead atoms. The van der Waals surface area contributed by atoms with Crippen LogP contribution in [0.3, 0.4) is 0 Å². The van der Waals surface area contributed by atoms with Crippen molar-refractivity contribution in [1.82, 2.24) is 0 Å². The Kier molecular flexibility index (Phi) is 5.36. The largest absolute Gasteiger partial charge is 0.330 e. The lowest BCUT2D eigenvalue weighted by Gasteiger charge is -2.06. The smallest absolute Gasteiger partial charge is 0.165 e. The molecule has 15 heavy (non-hydrogen) atoms. The standard InChI is InChI=1S/C11H14FNOS/c12-6-8-15-11-4-2-1-3-9(11)10(14)5-7-13/h1-4H,5-8,13H2. The number of benzene rings is 1. The zero-order valence-electron chi connectivity index (χ0n) is 8.41. The van der Waals surface area contributed by atoms with Crippen LogP contribution in [0.25, 0.3) is 0 Å². The van der Waals surface area contributed by atoms with E-state index >= 15 is 0 Å². The third kappa shape index (κ3) is 3.64. The Bertz CT molecular complexity index is 330. The first kappa shape index (κ1) is 12.2. The summed E-state index contributed by atoms with van der Waals surface area (Å²) in [4.78, 5) is 12.5. The van der Waals surface area contributed by atoms with E-state index in [1.54, 1.807) is 6.07 Å². The molecular formula is C11H14FNOS. The fourth-order valence-electron chi connectivity index (χ4n) is 1.24. The number of ketones is 1. The van der Waals surface area contributed by atoms with Gasteiger partial charge in [0.15, 0.2) is 5.78 Å². The van der Waals surface area contributed by atoms with Gasteiger partial charge in [-0.25, -0.2) is 0 Å². The van der Waals surface area contributed by atoms with Crippen molar-refractivity contribution in [3.63, 3.8) is 0 Å². The molecule has 0 aliphatic rings. The number of nitrogens with two attached hydrogens (primary N) is 1. The number of hydrogen-bond donors (Lipinski definition) is 1. The summed E-state index contributed by atoms with van der Waals surface area (Å²) in [6.07, 6.45) is 0.340. The lowest BCUT2D eigenvalue weighted by atomic mass is 10.1. The maximum Gasteiger partial charge on any atom is 0.165 e. The molecule has 82 valence electrons. The van der Waals surface area contributed by atoms with Crippen molar-refractivity contribution in [3.05, 3.63) is 29.8 Å². The highest BCUT2D eigenvalue weighted by Crippen LogP contribution is 2.23. The van der Waals surface area contributed by atoms with E-state index in [1.807, 2.05) is 18.2 Å². The van der Waals surface area contributed by atoms with Crippen LogP contribution in [0.5, 0.6) is 0 Å². The number of rotatable bonds is 6. The molecule has 0 spiro atoms. The van der Waals surface area contributed by atoms with Crippen molar-refractivity contribution in [2.75, 3.05) is 19.0 Å². The monoisotopic (exact) mass is 227 g/mol. The van der Waals surface area contributed by atoms with E-state index in [0.717, 1.165) is 4.90 Å². The average Bonchev–Trinajstić information content (AvgIpc) is 2.27. The predicted molar refractivity (Wildman–Crippen MR) is 61.1 cm³/mol. The molecule has 1 rings (SSSR count). The van der Waals surface area contributed by atoms with Crippen molar-refractivity contribution < 1.29 is 9.18 Å². The summed E-state index contributed by atoms with van der Waals surface area (Å²) in [6.45, 7) is -0.0367. The summed E-state index contributed by atoms with van der Waals surface area (Å²) in [6, 6.07) is 7.26. The highest BCUT2D eigenvalue weighted by molar-refractivity contribution is 7.99. The Hall–Kier alpha value is -0.870. The first-order chi connectivity index (χ1) is 7.29. The molecule has 0 amide bonds. The normalized spacial score (nSPS) is 10.3. The number of alkyl halides is 1. The van der Waals surface area contributed by atoms with Gasteiger partial charge < -0.3 is 5.73 Å². The lowest BCUT2D eigenvalue weighted by molar-refractivity contribution is 0.0982. The van der Waals surface area contributed by atoms with Gasteiger partial charge in [0.25, 0.3) is 0 Å². The fraction of sp³-hybridized carbons (Fsp3) is 0.364. The highest BCUT2D eigenvalue weighted by atomic mass is 32.2. The molecule has 0 heterocycles. The van der Waals surface area contributed by atoms with Crippen molar-refractivity contribution in [1.29, 1.82) is 0 Å². The van der Waals surface area contributed by atoms with Gasteiger partial charge in [-0.05, 0) is 12.6 Å². The maximum atomic E-state index is 12.0. The number of hydrogen-bond acceptors (Lipinski definition) is 3. The molecule has 0 unspecified atom stereocenters. The third-order valence-corrected chi connectivity index (χ3v) is 2.92. The number of carbonyl (C=O) groups is 1. The minimum absolute atomic E-state index is 0.0273. The molecule has 2 nitrogen and oxygen atoms in total. The van der Waals surface area contributed by atoms with Crippen molar-refractivity contribution in [2.45, 2.75) is 11.3 Å². The summed E-state index contributed by atoms with van der Waals surface area (Å²) in [5, 5.41) is 0. The third-order valence-electron chi connectivity index (χ3n) is 1.89. The molecule has 2 N–H and O–H groups in total. The van der Waals surface area contributed by atoms with Crippen LogP contribution in [0.4, 0.5) is 4.39 Å². The molecule has 0 aromatic heterocycles. The van der Waals surface area contributed by atoms with Gasteiger partial charge in [0.1, 0.15) is 0 Å². The van der Waals surface area contributed by atoms with Crippen LogP contribution < -0.4 is 5.73 Å². The Morgan fingerprint density at radius 1 is 1.40 bits per heavy atom. The van der Waals surface area contributed by atoms with Crippen LogP contribution in [0.2, 0.25) is 0 Å². The fourth-order valence-corrected chi connectivity index (χ4v) is 2.05. The van der Waals surface area contributed by atoms with Crippen molar-refractivity contribution >= 4 is 17.5 Å². The van der Waals surface area contributed by atoms with E-state index < -0.39 is 0 Å². The molecular weight excluding hydrogens is 213 g/mol. The van der Waals surface area contributed by atoms with Crippen LogP contribution in [-0.4, -0.2) is 24.8 Å². The Morgan fingerprint density at radius 3 is 2.80 bits per heavy atom. The average molecular weight is 227 g/mol. The van der Waals surface area contributed by atoms with E-state index in [9.17, 15) is 9.18 Å². The van der Waals surface area contributed by atoms with E-state index in [2.05, 4.69) is 0 Å². The van der Waals surface area contributed by atoms with Gasteiger partial charge in [-0.3, -0.25) is 9.18 Å². The van der Waals surface area contributed by atoms with Crippen LogP contribution in [-0.2, 0) is 0 Å². The van der Waals surface area contributed by atoms with E-state index in [4.69, 9.17) is 5.73 Å². The van der Waals surface area contributed by atoms with Gasteiger partial charge in [0.2, 0.25) is 0 Å². The van der Waals surface area contributed by atoms with Gasteiger partial charge in [0.05, 0.1) is 6.67 Å². The molecule has 1 aromatic carbocycles. The minimum Gasteiger partial charge on any atom is -0.330 e. The first-order valence-electron chi connectivity index (χ1n) is 4.80. The van der Waals surface area contributed by atoms with E-state index in [1.165, 1.54) is 11.8 Å². The van der Waals surface area contributed by atoms with Crippen LogP contribution in [0, 0.1) is 0 Å². The molecule has 0 aliphatic heterocycles. The van der Waals surface area contributed by atoms with Crippen LogP contribution >= 0.6 is 11.8 Å². The summed E-state index contributed by atoms with van der Waals surface area (Å²) < 4.78 is 12.0. The summed E-state index contributed by atoms with van der Waals surface area (Å²) in [5.74, 6) is 0.409. The predicted octanol–water partition coefficient (Wildman–Crippen LogP) is 2.28. The van der Waals surface area contributed by atoms with Gasteiger partial charge in [-0.2, -0.15) is 0 Å². The van der Waals surface area contributed by atoms with Gasteiger partial charge >= 0.3 is 0 Å². The second kappa shape index (κ2) is 6.58. The van der Waals surface area contributed by atoms with Gasteiger partial charge in [-0.15, -0.1) is 11.8 Å². The molecule has 0 radical (unpaired) electrons.